The molecule has 1 atom stereocenters. The van der Waals surface area contributed by atoms with Crippen molar-refractivity contribution in [3.8, 4) is 11.1 Å². The molecule has 0 saturated carbocycles. The maximum absolute atomic E-state index is 2.86. The fourth-order valence-electron chi connectivity index (χ4n) is 2.73. The molecular formula is C16H17P. The lowest BCUT2D eigenvalue weighted by molar-refractivity contribution is 0.911. The number of fused-ring (bicyclic) bond motifs is 1. The van der Waals surface area contributed by atoms with Crippen LogP contribution in [0.15, 0.2) is 42.5 Å². The maximum Gasteiger partial charge on any atom is -0.0122 e. The second-order valence-corrected chi connectivity index (χ2v) is 5.11. The highest BCUT2D eigenvalue weighted by Gasteiger charge is 2.14. The SMILES string of the molecule is PCc1cc2c(cc1-c1ccccc1)CCC2. The topological polar surface area (TPSA) is 0 Å². The summed E-state index contributed by atoms with van der Waals surface area (Å²) in [6.45, 7) is 0. The maximum atomic E-state index is 2.86. The predicted molar refractivity (Wildman–Crippen MR) is 77.3 cm³/mol. The van der Waals surface area contributed by atoms with Crippen LogP contribution in [0.5, 0.6) is 0 Å². The van der Waals surface area contributed by atoms with E-state index in [1.54, 1.807) is 11.1 Å². The summed E-state index contributed by atoms with van der Waals surface area (Å²) in [5.74, 6) is 0. The van der Waals surface area contributed by atoms with Gasteiger partial charge < -0.3 is 0 Å². The Hall–Kier alpha value is -1.13. The van der Waals surface area contributed by atoms with E-state index < -0.39 is 0 Å². The summed E-state index contributed by atoms with van der Waals surface area (Å²) in [5.41, 5.74) is 7.36. The summed E-state index contributed by atoms with van der Waals surface area (Å²) in [6.07, 6.45) is 4.88. The zero-order chi connectivity index (χ0) is 11.7. The number of hydrogen-bond acceptors (Lipinski definition) is 0. The Kier molecular flexibility index (Phi) is 2.99. The van der Waals surface area contributed by atoms with Crippen LogP contribution in [0.25, 0.3) is 11.1 Å². The first-order chi connectivity index (χ1) is 8.38. The van der Waals surface area contributed by atoms with Gasteiger partial charge in [-0.3, -0.25) is 0 Å². The molecule has 0 spiro atoms. The third kappa shape index (κ3) is 2.03. The van der Waals surface area contributed by atoms with E-state index in [9.17, 15) is 0 Å². The van der Waals surface area contributed by atoms with E-state index in [0.717, 1.165) is 6.16 Å². The van der Waals surface area contributed by atoms with E-state index in [1.807, 2.05) is 0 Å². The van der Waals surface area contributed by atoms with Crippen molar-refractivity contribution in [1.82, 2.24) is 0 Å². The van der Waals surface area contributed by atoms with Crippen molar-refractivity contribution in [2.24, 2.45) is 0 Å². The Bertz CT molecular complexity index is 529. The van der Waals surface area contributed by atoms with Gasteiger partial charge >= 0.3 is 0 Å². The van der Waals surface area contributed by atoms with Gasteiger partial charge in [-0.15, -0.1) is 9.24 Å². The number of rotatable bonds is 2. The summed E-state index contributed by atoms with van der Waals surface area (Å²) in [7, 11) is 2.86. The van der Waals surface area contributed by atoms with E-state index in [2.05, 4.69) is 51.7 Å². The van der Waals surface area contributed by atoms with Crippen LogP contribution < -0.4 is 0 Å². The van der Waals surface area contributed by atoms with Gasteiger partial charge in [0.05, 0.1) is 0 Å². The van der Waals surface area contributed by atoms with Gasteiger partial charge in [-0.1, -0.05) is 42.5 Å². The first-order valence-electron chi connectivity index (χ1n) is 6.28. The van der Waals surface area contributed by atoms with Crippen LogP contribution in [0.3, 0.4) is 0 Å². The lowest BCUT2D eigenvalue weighted by Gasteiger charge is -2.11. The number of hydrogen-bond donors (Lipinski definition) is 0. The van der Waals surface area contributed by atoms with Crippen LogP contribution in [0.4, 0.5) is 0 Å². The largest absolute Gasteiger partial charge is 0.133 e. The Labute approximate surface area is 105 Å². The molecule has 2 aromatic rings. The van der Waals surface area contributed by atoms with Crippen molar-refractivity contribution in [1.29, 1.82) is 0 Å². The van der Waals surface area contributed by atoms with Gasteiger partial charge in [0.15, 0.2) is 0 Å². The van der Waals surface area contributed by atoms with Crippen molar-refractivity contribution in [3.63, 3.8) is 0 Å². The van der Waals surface area contributed by atoms with Crippen molar-refractivity contribution < 1.29 is 0 Å². The molecule has 17 heavy (non-hydrogen) atoms. The fraction of sp³-hybridized carbons (Fsp3) is 0.250. The van der Waals surface area contributed by atoms with Gasteiger partial charge in [-0.25, -0.2) is 0 Å². The fourth-order valence-corrected chi connectivity index (χ4v) is 3.07. The normalized spacial score (nSPS) is 13.7. The molecule has 3 rings (SSSR count). The molecule has 0 fully saturated rings. The lowest BCUT2D eigenvalue weighted by atomic mass is 9.95. The summed E-state index contributed by atoms with van der Waals surface area (Å²) < 4.78 is 0. The van der Waals surface area contributed by atoms with Crippen molar-refractivity contribution in [2.75, 3.05) is 0 Å². The molecule has 0 amide bonds. The average Bonchev–Trinajstić information content (AvgIpc) is 2.85. The molecule has 0 N–H and O–H groups in total. The zero-order valence-electron chi connectivity index (χ0n) is 9.95. The molecule has 1 aliphatic rings. The first kappa shape index (κ1) is 11.0. The van der Waals surface area contributed by atoms with Gasteiger partial charge in [-0.05, 0) is 53.2 Å². The Morgan fingerprint density at radius 1 is 0.941 bits per heavy atom. The van der Waals surface area contributed by atoms with Gasteiger partial charge in [0, 0.05) is 0 Å². The van der Waals surface area contributed by atoms with Crippen LogP contribution in [0.2, 0.25) is 0 Å². The summed E-state index contributed by atoms with van der Waals surface area (Å²) in [4.78, 5) is 0. The second kappa shape index (κ2) is 4.63. The molecule has 1 aliphatic carbocycles. The van der Waals surface area contributed by atoms with Crippen LogP contribution in [-0.2, 0) is 19.0 Å². The smallest absolute Gasteiger partial charge is 0.0122 e. The summed E-state index contributed by atoms with van der Waals surface area (Å²) in [5, 5.41) is 0. The standard InChI is InChI=1S/C16H17P/c17-11-15-9-13-7-4-8-14(13)10-16(15)12-5-2-1-3-6-12/h1-3,5-6,9-10H,4,7-8,11,17H2. The highest BCUT2D eigenvalue weighted by molar-refractivity contribution is 7.15. The second-order valence-electron chi connectivity index (χ2n) is 4.70. The van der Waals surface area contributed by atoms with Gasteiger partial charge in [0.25, 0.3) is 0 Å². The van der Waals surface area contributed by atoms with Crippen molar-refractivity contribution >= 4 is 9.24 Å². The number of aryl methyl sites for hydroxylation is 2. The molecule has 0 aliphatic heterocycles. The minimum atomic E-state index is 1.04. The Morgan fingerprint density at radius 2 is 1.65 bits per heavy atom. The molecule has 0 aromatic heterocycles. The molecule has 2 aromatic carbocycles. The van der Waals surface area contributed by atoms with E-state index in [4.69, 9.17) is 0 Å². The third-order valence-electron chi connectivity index (χ3n) is 3.62. The molecule has 0 saturated heterocycles. The Morgan fingerprint density at radius 3 is 2.35 bits per heavy atom. The summed E-state index contributed by atoms with van der Waals surface area (Å²) >= 11 is 0. The summed E-state index contributed by atoms with van der Waals surface area (Å²) in [6, 6.07) is 15.6. The minimum Gasteiger partial charge on any atom is -0.133 e. The molecular weight excluding hydrogens is 223 g/mol. The van der Waals surface area contributed by atoms with Crippen LogP contribution in [0.1, 0.15) is 23.1 Å². The van der Waals surface area contributed by atoms with E-state index in [-0.39, 0.29) is 0 Å². The molecule has 1 heteroatoms. The van der Waals surface area contributed by atoms with E-state index >= 15 is 0 Å². The molecule has 0 nitrogen and oxygen atoms in total. The van der Waals surface area contributed by atoms with Crippen LogP contribution >= 0.6 is 9.24 Å². The Balaban J connectivity index is 2.16. The van der Waals surface area contributed by atoms with Crippen molar-refractivity contribution in [3.05, 3.63) is 59.2 Å². The monoisotopic (exact) mass is 240 g/mol. The molecule has 0 bridgehead atoms. The number of benzene rings is 2. The van der Waals surface area contributed by atoms with Crippen LogP contribution in [-0.4, -0.2) is 0 Å². The zero-order valence-corrected chi connectivity index (χ0v) is 11.1. The molecule has 0 heterocycles. The van der Waals surface area contributed by atoms with E-state index in [0.29, 0.717) is 0 Å². The lowest BCUT2D eigenvalue weighted by Crippen LogP contribution is -1.91. The van der Waals surface area contributed by atoms with Crippen LogP contribution in [0, 0.1) is 0 Å². The molecule has 0 radical (unpaired) electrons. The quantitative estimate of drug-likeness (QED) is 0.689. The van der Waals surface area contributed by atoms with Gasteiger partial charge in [0.1, 0.15) is 0 Å². The first-order valence-corrected chi connectivity index (χ1v) is 7.10. The third-order valence-corrected chi connectivity index (χ3v) is 4.06. The van der Waals surface area contributed by atoms with Gasteiger partial charge in [0.2, 0.25) is 0 Å². The van der Waals surface area contributed by atoms with E-state index in [1.165, 1.54) is 36.0 Å². The minimum absolute atomic E-state index is 1.04. The highest BCUT2D eigenvalue weighted by Crippen LogP contribution is 2.32. The molecule has 86 valence electrons. The highest BCUT2D eigenvalue weighted by atomic mass is 31.0. The molecule has 1 unspecified atom stereocenters. The average molecular weight is 240 g/mol. The van der Waals surface area contributed by atoms with Crippen molar-refractivity contribution in [2.45, 2.75) is 25.4 Å². The van der Waals surface area contributed by atoms with Gasteiger partial charge in [-0.2, -0.15) is 0 Å². The predicted octanol–water partition coefficient (Wildman–Crippen LogP) is 4.22.